The fraction of sp³-hybridized carbons (Fsp3) is 0. The van der Waals surface area contributed by atoms with Crippen LogP contribution in [0.3, 0.4) is 0 Å². The van der Waals surface area contributed by atoms with Crippen LogP contribution in [0.5, 0.6) is 0 Å². The van der Waals surface area contributed by atoms with Crippen molar-refractivity contribution in [3.63, 3.8) is 0 Å². The molecular formula is C11H7BrN2. The van der Waals surface area contributed by atoms with Gasteiger partial charge in [-0.2, -0.15) is 5.26 Å². The molecule has 2 rings (SSSR count). The van der Waals surface area contributed by atoms with E-state index >= 15 is 0 Å². The maximum atomic E-state index is 8.84. The molecule has 2 nitrogen and oxygen atoms in total. The first-order valence-electron chi connectivity index (χ1n) is 4.14. The number of H-pyrrole nitrogens is 1. The van der Waals surface area contributed by atoms with Gasteiger partial charge in [0.1, 0.15) is 6.07 Å². The van der Waals surface area contributed by atoms with Crippen LogP contribution in [0.2, 0.25) is 0 Å². The van der Waals surface area contributed by atoms with Crippen molar-refractivity contribution in [2.45, 2.75) is 0 Å². The molecule has 1 aromatic heterocycles. The number of aromatic nitrogens is 1. The molecule has 2 aromatic rings. The summed E-state index contributed by atoms with van der Waals surface area (Å²) in [6.07, 6.45) is 3.54. The van der Waals surface area contributed by atoms with Crippen LogP contribution in [-0.4, -0.2) is 4.98 Å². The van der Waals surface area contributed by atoms with E-state index in [4.69, 9.17) is 5.26 Å². The molecule has 0 bridgehead atoms. The van der Waals surface area contributed by atoms with Crippen molar-refractivity contribution in [2.24, 2.45) is 0 Å². The fourth-order valence-electron chi connectivity index (χ4n) is 1.32. The summed E-state index contributed by atoms with van der Waals surface area (Å²) >= 11 is 3.37. The van der Waals surface area contributed by atoms with Gasteiger partial charge in [0.2, 0.25) is 0 Å². The van der Waals surface area contributed by atoms with E-state index in [1.165, 1.54) is 0 Å². The Hall–Kier alpha value is -1.53. The van der Waals surface area contributed by atoms with Gasteiger partial charge in [0, 0.05) is 22.4 Å². The summed E-state index contributed by atoms with van der Waals surface area (Å²) < 4.78 is 1.04. The van der Waals surface area contributed by atoms with Crippen molar-refractivity contribution in [1.29, 1.82) is 5.26 Å². The second-order valence-corrected chi connectivity index (χ2v) is 3.82. The standard InChI is InChI=1S/C11H7BrN2/c12-10-3-1-8(2-4-10)11-7-14-6-9(11)5-13/h1-4,6-7,14H. The minimum absolute atomic E-state index is 0.673. The Bertz CT molecular complexity index is 477. The largest absolute Gasteiger partial charge is 0.366 e. The van der Waals surface area contributed by atoms with Crippen molar-refractivity contribution in [2.75, 3.05) is 0 Å². The number of halogens is 1. The molecule has 0 aliphatic rings. The lowest BCUT2D eigenvalue weighted by Crippen LogP contribution is -1.77. The van der Waals surface area contributed by atoms with Gasteiger partial charge in [0.15, 0.2) is 0 Å². The van der Waals surface area contributed by atoms with Crippen LogP contribution in [0.15, 0.2) is 41.1 Å². The first kappa shape index (κ1) is 9.04. The SMILES string of the molecule is N#Cc1c[nH]cc1-c1ccc(Br)cc1. The second kappa shape index (κ2) is 3.69. The van der Waals surface area contributed by atoms with Gasteiger partial charge in [-0.05, 0) is 17.7 Å². The monoisotopic (exact) mass is 246 g/mol. The Morgan fingerprint density at radius 3 is 2.50 bits per heavy atom. The highest BCUT2D eigenvalue weighted by molar-refractivity contribution is 9.10. The lowest BCUT2D eigenvalue weighted by molar-refractivity contribution is 1.40. The van der Waals surface area contributed by atoms with E-state index in [0.29, 0.717) is 5.56 Å². The molecule has 0 fully saturated rings. The van der Waals surface area contributed by atoms with E-state index in [2.05, 4.69) is 27.0 Å². The molecule has 68 valence electrons. The minimum atomic E-state index is 0.673. The summed E-state index contributed by atoms with van der Waals surface area (Å²) in [5, 5.41) is 8.84. The highest BCUT2D eigenvalue weighted by Gasteiger charge is 2.04. The smallest absolute Gasteiger partial charge is 0.101 e. The molecule has 14 heavy (non-hydrogen) atoms. The predicted octanol–water partition coefficient (Wildman–Crippen LogP) is 3.32. The summed E-state index contributed by atoms with van der Waals surface area (Å²) in [5.74, 6) is 0. The summed E-state index contributed by atoms with van der Waals surface area (Å²) in [5.41, 5.74) is 2.67. The number of hydrogen-bond acceptors (Lipinski definition) is 1. The molecule has 3 heteroatoms. The quantitative estimate of drug-likeness (QED) is 0.824. The average Bonchev–Trinajstić information content (AvgIpc) is 2.67. The molecule has 0 spiro atoms. The molecule has 0 saturated heterocycles. The summed E-state index contributed by atoms with van der Waals surface area (Å²) in [4.78, 5) is 2.93. The number of nitrogens with zero attached hydrogens (tertiary/aromatic N) is 1. The van der Waals surface area contributed by atoms with Gasteiger partial charge in [-0.25, -0.2) is 0 Å². The van der Waals surface area contributed by atoms with Crippen LogP contribution in [0.1, 0.15) is 5.56 Å². The van der Waals surface area contributed by atoms with Crippen molar-refractivity contribution in [1.82, 2.24) is 4.98 Å². The van der Waals surface area contributed by atoms with E-state index in [9.17, 15) is 0 Å². The van der Waals surface area contributed by atoms with Crippen LogP contribution >= 0.6 is 15.9 Å². The summed E-state index contributed by atoms with van der Waals surface area (Å²) in [6, 6.07) is 10.0. The summed E-state index contributed by atoms with van der Waals surface area (Å²) in [7, 11) is 0. The van der Waals surface area contributed by atoms with Crippen LogP contribution in [0, 0.1) is 11.3 Å². The van der Waals surface area contributed by atoms with Gasteiger partial charge in [0.25, 0.3) is 0 Å². The van der Waals surface area contributed by atoms with Gasteiger partial charge >= 0.3 is 0 Å². The highest BCUT2D eigenvalue weighted by Crippen LogP contribution is 2.24. The van der Waals surface area contributed by atoms with Gasteiger partial charge in [-0.1, -0.05) is 28.1 Å². The zero-order valence-corrected chi connectivity index (χ0v) is 8.88. The highest BCUT2D eigenvalue weighted by atomic mass is 79.9. The first-order valence-corrected chi connectivity index (χ1v) is 4.93. The first-order chi connectivity index (χ1) is 6.81. The fourth-order valence-corrected chi connectivity index (χ4v) is 1.59. The van der Waals surface area contributed by atoms with Crippen LogP contribution in [0.4, 0.5) is 0 Å². The topological polar surface area (TPSA) is 39.6 Å². The molecular weight excluding hydrogens is 240 g/mol. The van der Waals surface area contributed by atoms with E-state index in [0.717, 1.165) is 15.6 Å². The Kier molecular flexibility index (Phi) is 2.38. The Balaban J connectivity index is 2.50. The van der Waals surface area contributed by atoms with Crippen LogP contribution < -0.4 is 0 Å². The zero-order chi connectivity index (χ0) is 9.97. The molecule has 1 aromatic carbocycles. The van der Waals surface area contributed by atoms with E-state index in [1.807, 2.05) is 30.5 Å². The maximum Gasteiger partial charge on any atom is 0.101 e. The van der Waals surface area contributed by atoms with E-state index in [-0.39, 0.29) is 0 Å². The Morgan fingerprint density at radius 1 is 1.14 bits per heavy atom. The number of benzene rings is 1. The zero-order valence-electron chi connectivity index (χ0n) is 7.29. The number of rotatable bonds is 1. The average molecular weight is 247 g/mol. The minimum Gasteiger partial charge on any atom is -0.366 e. The molecule has 1 heterocycles. The molecule has 0 unspecified atom stereocenters. The number of nitrogens with one attached hydrogen (secondary N) is 1. The molecule has 0 amide bonds. The van der Waals surface area contributed by atoms with E-state index in [1.54, 1.807) is 6.20 Å². The molecule has 1 N–H and O–H groups in total. The number of aromatic amines is 1. The van der Waals surface area contributed by atoms with Gasteiger partial charge < -0.3 is 4.98 Å². The molecule has 0 aliphatic carbocycles. The second-order valence-electron chi connectivity index (χ2n) is 2.90. The van der Waals surface area contributed by atoms with Crippen LogP contribution in [-0.2, 0) is 0 Å². The van der Waals surface area contributed by atoms with Gasteiger partial charge in [-0.3, -0.25) is 0 Å². The van der Waals surface area contributed by atoms with Crippen molar-refractivity contribution >= 4 is 15.9 Å². The van der Waals surface area contributed by atoms with Crippen molar-refractivity contribution < 1.29 is 0 Å². The summed E-state index contributed by atoms with van der Waals surface area (Å²) in [6.45, 7) is 0. The lowest BCUT2D eigenvalue weighted by Gasteiger charge is -1.98. The molecule has 0 aliphatic heterocycles. The number of hydrogen-bond donors (Lipinski definition) is 1. The third kappa shape index (κ3) is 1.57. The number of nitriles is 1. The maximum absolute atomic E-state index is 8.84. The molecule has 0 radical (unpaired) electrons. The third-order valence-corrected chi connectivity index (χ3v) is 2.55. The van der Waals surface area contributed by atoms with Gasteiger partial charge in [0.05, 0.1) is 5.56 Å². The lowest BCUT2D eigenvalue weighted by atomic mass is 10.1. The Labute approximate surface area is 90.3 Å². The molecule has 0 saturated carbocycles. The Morgan fingerprint density at radius 2 is 1.86 bits per heavy atom. The van der Waals surface area contributed by atoms with Gasteiger partial charge in [-0.15, -0.1) is 0 Å². The van der Waals surface area contributed by atoms with Crippen molar-refractivity contribution in [3.05, 3.63) is 46.7 Å². The van der Waals surface area contributed by atoms with E-state index < -0.39 is 0 Å². The normalized spacial score (nSPS) is 9.71. The molecule has 0 atom stereocenters. The third-order valence-electron chi connectivity index (χ3n) is 2.02. The van der Waals surface area contributed by atoms with Crippen molar-refractivity contribution in [3.8, 4) is 17.2 Å². The van der Waals surface area contributed by atoms with Crippen LogP contribution in [0.25, 0.3) is 11.1 Å². The predicted molar refractivity (Wildman–Crippen MR) is 58.6 cm³/mol.